The van der Waals surface area contributed by atoms with Gasteiger partial charge in [0, 0.05) is 22.2 Å². The van der Waals surface area contributed by atoms with Crippen LogP contribution in [0.15, 0.2) is 65.7 Å². The molecule has 0 aliphatic heterocycles. The van der Waals surface area contributed by atoms with E-state index in [9.17, 15) is 4.79 Å². The van der Waals surface area contributed by atoms with Crippen LogP contribution in [0.3, 0.4) is 0 Å². The minimum absolute atomic E-state index is 0.295. The molecule has 1 unspecified atom stereocenters. The summed E-state index contributed by atoms with van der Waals surface area (Å²) >= 11 is 0. The Kier molecular flexibility index (Phi) is 5.46. The van der Waals surface area contributed by atoms with Gasteiger partial charge in [-0.05, 0) is 55.6 Å². The first-order valence-electron chi connectivity index (χ1n) is 8.13. The zero-order valence-electron chi connectivity index (χ0n) is 14.2. The molecule has 1 aromatic heterocycles. The molecule has 0 radical (unpaired) electrons. The highest BCUT2D eigenvalue weighted by Crippen LogP contribution is 2.32. The van der Waals surface area contributed by atoms with Crippen molar-refractivity contribution in [3.8, 4) is 0 Å². The molecular weight excluding hydrogens is 332 g/mol. The van der Waals surface area contributed by atoms with E-state index in [0.29, 0.717) is 12.2 Å². The molecule has 0 saturated heterocycles. The monoisotopic (exact) mass is 352 g/mol. The Hall–Kier alpha value is -2.66. The first-order chi connectivity index (χ1) is 12.2. The van der Waals surface area contributed by atoms with Gasteiger partial charge in [0.05, 0.1) is 17.7 Å². The average Bonchev–Trinajstić information content (AvgIpc) is 2.66. The van der Waals surface area contributed by atoms with Crippen LogP contribution in [0, 0.1) is 0 Å². The van der Waals surface area contributed by atoms with Gasteiger partial charge in [-0.25, -0.2) is 4.79 Å². The predicted molar refractivity (Wildman–Crippen MR) is 105 cm³/mol. The number of ether oxygens (including phenoxy) is 1. The van der Waals surface area contributed by atoms with E-state index in [0.717, 1.165) is 21.5 Å². The van der Waals surface area contributed by atoms with Crippen molar-refractivity contribution in [2.45, 2.75) is 18.7 Å². The SMILES string of the molecule is CC=S(Nc1ccc(C(=O)OCC)cc1)c1cccc2cccnc12. The molecule has 0 amide bonds. The van der Waals surface area contributed by atoms with Crippen molar-refractivity contribution >= 4 is 38.6 Å². The van der Waals surface area contributed by atoms with Gasteiger partial charge in [0.1, 0.15) is 0 Å². The lowest BCUT2D eigenvalue weighted by Gasteiger charge is -2.14. The normalized spacial score (nSPS) is 12.1. The Morgan fingerprint density at radius 1 is 1.16 bits per heavy atom. The first-order valence-corrected chi connectivity index (χ1v) is 9.42. The number of benzene rings is 2. The van der Waals surface area contributed by atoms with Crippen molar-refractivity contribution < 1.29 is 9.53 Å². The van der Waals surface area contributed by atoms with Crippen LogP contribution in [0.5, 0.6) is 0 Å². The van der Waals surface area contributed by atoms with Gasteiger partial charge < -0.3 is 9.46 Å². The van der Waals surface area contributed by atoms with Crippen molar-refractivity contribution in [3.63, 3.8) is 0 Å². The summed E-state index contributed by atoms with van der Waals surface area (Å²) in [6.45, 7) is 4.21. The van der Waals surface area contributed by atoms with E-state index in [4.69, 9.17) is 4.74 Å². The zero-order valence-corrected chi connectivity index (χ0v) is 15.0. The van der Waals surface area contributed by atoms with Gasteiger partial charge in [0.25, 0.3) is 0 Å². The number of rotatable bonds is 5. The van der Waals surface area contributed by atoms with Crippen molar-refractivity contribution in [3.05, 3.63) is 66.4 Å². The van der Waals surface area contributed by atoms with Gasteiger partial charge in [-0.2, -0.15) is 0 Å². The third kappa shape index (κ3) is 3.88. The number of nitrogens with one attached hydrogen (secondary N) is 1. The number of nitrogens with zero attached hydrogens (tertiary/aromatic N) is 1. The van der Waals surface area contributed by atoms with Crippen LogP contribution in [0.1, 0.15) is 24.2 Å². The van der Waals surface area contributed by atoms with Gasteiger partial charge in [0.15, 0.2) is 0 Å². The molecule has 3 aromatic rings. The van der Waals surface area contributed by atoms with Gasteiger partial charge in [-0.15, -0.1) is 0 Å². The largest absolute Gasteiger partial charge is 0.462 e. The van der Waals surface area contributed by atoms with Crippen LogP contribution in [-0.2, 0) is 4.74 Å². The maximum atomic E-state index is 11.7. The highest BCUT2D eigenvalue weighted by Gasteiger charge is 2.08. The van der Waals surface area contributed by atoms with E-state index >= 15 is 0 Å². The lowest BCUT2D eigenvalue weighted by molar-refractivity contribution is 0.0526. The summed E-state index contributed by atoms with van der Waals surface area (Å²) in [7, 11) is -0.295. The standard InChI is InChI=1S/C20H20N2O2S/c1-3-24-20(23)16-10-12-17(13-11-16)22-25(4-2)18-9-5-7-15-8-6-14-21-19(15)18/h4-14,22H,3H2,1-2H3. The van der Waals surface area contributed by atoms with E-state index in [2.05, 4.69) is 33.3 Å². The van der Waals surface area contributed by atoms with E-state index in [-0.39, 0.29) is 16.6 Å². The second kappa shape index (κ2) is 7.94. The minimum atomic E-state index is -0.298. The molecule has 0 spiro atoms. The van der Waals surface area contributed by atoms with Crippen LogP contribution < -0.4 is 4.72 Å². The van der Waals surface area contributed by atoms with Crippen LogP contribution in [-0.4, -0.2) is 22.9 Å². The first kappa shape index (κ1) is 17.2. The molecule has 0 aliphatic rings. The zero-order chi connectivity index (χ0) is 17.6. The Morgan fingerprint density at radius 3 is 2.64 bits per heavy atom. The van der Waals surface area contributed by atoms with Crippen molar-refractivity contribution in [2.75, 3.05) is 11.3 Å². The van der Waals surface area contributed by atoms with Gasteiger partial charge in [-0.3, -0.25) is 4.98 Å². The smallest absolute Gasteiger partial charge is 0.338 e. The number of hydrogen-bond donors (Lipinski definition) is 1. The quantitative estimate of drug-likeness (QED) is 0.525. The molecule has 1 heterocycles. The number of fused-ring (bicyclic) bond motifs is 1. The van der Waals surface area contributed by atoms with Crippen LogP contribution in [0.2, 0.25) is 0 Å². The fourth-order valence-electron chi connectivity index (χ4n) is 2.51. The third-order valence-corrected chi connectivity index (χ3v) is 5.42. The van der Waals surface area contributed by atoms with Crippen LogP contribution in [0.25, 0.3) is 10.9 Å². The van der Waals surface area contributed by atoms with Gasteiger partial charge in [-0.1, -0.05) is 28.9 Å². The molecule has 3 rings (SSSR count). The predicted octanol–water partition coefficient (Wildman–Crippen LogP) is 4.89. The molecule has 5 heteroatoms. The number of pyridine rings is 1. The summed E-state index contributed by atoms with van der Waals surface area (Å²) in [5.41, 5.74) is 2.50. The fraction of sp³-hybridized carbons (Fsp3) is 0.150. The Morgan fingerprint density at radius 2 is 1.92 bits per heavy atom. The number of carbonyl (C=O) groups is 1. The second-order valence-electron chi connectivity index (χ2n) is 5.30. The summed E-state index contributed by atoms with van der Waals surface area (Å²) in [6.07, 6.45) is 1.82. The number of para-hydroxylation sites is 1. The molecule has 128 valence electrons. The van der Waals surface area contributed by atoms with E-state index in [1.54, 1.807) is 19.1 Å². The molecule has 0 saturated carbocycles. The van der Waals surface area contributed by atoms with E-state index in [1.165, 1.54) is 0 Å². The molecule has 1 N–H and O–H groups in total. The molecule has 25 heavy (non-hydrogen) atoms. The summed E-state index contributed by atoms with van der Waals surface area (Å²) in [4.78, 5) is 17.4. The molecule has 1 atom stereocenters. The lowest BCUT2D eigenvalue weighted by Crippen LogP contribution is -2.04. The average molecular weight is 352 g/mol. The minimum Gasteiger partial charge on any atom is -0.462 e. The molecule has 2 aromatic carbocycles. The lowest BCUT2D eigenvalue weighted by atomic mass is 10.2. The molecular formula is C20H20N2O2S. The summed E-state index contributed by atoms with van der Waals surface area (Å²) < 4.78 is 8.53. The number of carbonyl (C=O) groups excluding carboxylic acids is 1. The number of esters is 1. The Labute approximate surface area is 149 Å². The highest BCUT2D eigenvalue weighted by molar-refractivity contribution is 8.16. The van der Waals surface area contributed by atoms with Crippen molar-refractivity contribution in [1.29, 1.82) is 0 Å². The van der Waals surface area contributed by atoms with E-state index in [1.807, 2.05) is 37.4 Å². The second-order valence-corrected chi connectivity index (χ2v) is 7.10. The molecule has 0 fully saturated rings. The maximum absolute atomic E-state index is 11.7. The Bertz CT molecular complexity index is 915. The maximum Gasteiger partial charge on any atom is 0.338 e. The molecule has 4 nitrogen and oxygen atoms in total. The number of aromatic nitrogens is 1. The molecule has 0 aliphatic carbocycles. The summed E-state index contributed by atoms with van der Waals surface area (Å²) in [5.74, 6) is -0.298. The topological polar surface area (TPSA) is 51.2 Å². The van der Waals surface area contributed by atoms with Crippen LogP contribution in [0.4, 0.5) is 5.69 Å². The third-order valence-electron chi connectivity index (χ3n) is 3.69. The van der Waals surface area contributed by atoms with E-state index < -0.39 is 0 Å². The molecule has 0 bridgehead atoms. The highest BCUT2D eigenvalue weighted by atomic mass is 32.2. The van der Waals surface area contributed by atoms with Crippen LogP contribution >= 0.6 is 10.7 Å². The number of anilines is 1. The Balaban J connectivity index is 1.86. The van der Waals surface area contributed by atoms with Gasteiger partial charge in [0.2, 0.25) is 0 Å². The summed E-state index contributed by atoms with van der Waals surface area (Å²) in [5, 5.41) is 3.25. The number of hydrogen-bond acceptors (Lipinski definition) is 4. The van der Waals surface area contributed by atoms with Gasteiger partial charge >= 0.3 is 5.97 Å². The summed E-state index contributed by atoms with van der Waals surface area (Å²) in [6, 6.07) is 17.6. The van der Waals surface area contributed by atoms with Crippen molar-refractivity contribution in [1.82, 2.24) is 4.98 Å². The fourth-order valence-corrected chi connectivity index (χ4v) is 3.99. The van der Waals surface area contributed by atoms with Crippen molar-refractivity contribution in [2.24, 2.45) is 0 Å².